The summed E-state index contributed by atoms with van der Waals surface area (Å²) in [6.45, 7) is 3.45. The van der Waals surface area contributed by atoms with Crippen LogP contribution in [-0.4, -0.2) is 47.0 Å². The van der Waals surface area contributed by atoms with Crippen LogP contribution in [0.3, 0.4) is 0 Å². The highest BCUT2D eigenvalue weighted by atomic mass is 32.2. The number of benzene rings is 1. The third-order valence-corrected chi connectivity index (χ3v) is 4.45. The van der Waals surface area contributed by atoms with E-state index in [0.717, 1.165) is 5.56 Å². The van der Waals surface area contributed by atoms with E-state index >= 15 is 0 Å². The van der Waals surface area contributed by atoms with Gasteiger partial charge in [-0.15, -0.1) is 0 Å². The number of methoxy groups -OCH3 is 1. The molecule has 0 saturated heterocycles. The van der Waals surface area contributed by atoms with E-state index in [9.17, 15) is 13.5 Å². The van der Waals surface area contributed by atoms with Gasteiger partial charge in [0.25, 0.3) is 0 Å². The Labute approximate surface area is 126 Å². The summed E-state index contributed by atoms with van der Waals surface area (Å²) < 4.78 is 36.8. The van der Waals surface area contributed by atoms with Gasteiger partial charge >= 0.3 is 0 Å². The Balaban J connectivity index is 2.46. The lowest BCUT2D eigenvalue weighted by Gasteiger charge is -2.09. The second-order valence-corrected chi connectivity index (χ2v) is 6.37. The number of nitrogens with one attached hydrogen (secondary N) is 1. The maximum Gasteiger partial charge on any atom is 0.240 e. The van der Waals surface area contributed by atoms with Crippen molar-refractivity contribution in [3.05, 3.63) is 29.3 Å². The SMILES string of the molecule is COCCOCCCNS(=O)(=O)c1ccc(C)c(CO)c1. The van der Waals surface area contributed by atoms with Gasteiger partial charge in [-0.2, -0.15) is 0 Å². The highest BCUT2D eigenvalue weighted by Crippen LogP contribution is 2.15. The van der Waals surface area contributed by atoms with E-state index in [1.165, 1.54) is 12.1 Å². The minimum atomic E-state index is -3.55. The molecule has 120 valence electrons. The molecule has 1 aromatic rings. The average Bonchev–Trinajstić information content (AvgIpc) is 2.46. The first-order valence-electron chi connectivity index (χ1n) is 6.78. The van der Waals surface area contributed by atoms with Crippen molar-refractivity contribution in [3.8, 4) is 0 Å². The van der Waals surface area contributed by atoms with Crippen LogP contribution in [0.5, 0.6) is 0 Å². The molecule has 0 atom stereocenters. The fourth-order valence-corrected chi connectivity index (χ4v) is 2.82. The van der Waals surface area contributed by atoms with Gasteiger partial charge in [-0.05, 0) is 36.6 Å². The Morgan fingerprint density at radius 1 is 1.24 bits per heavy atom. The number of aliphatic hydroxyl groups excluding tert-OH is 1. The Kier molecular flexibility index (Phi) is 7.84. The largest absolute Gasteiger partial charge is 0.392 e. The van der Waals surface area contributed by atoms with Crippen LogP contribution in [0.4, 0.5) is 0 Å². The number of aliphatic hydroxyl groups is 1. The van der Waals surface area contributed by atoms with E-state index in [1.54, 1.807) is 13.2 Å². The van der Waals surface area contributed by atoms with Gasteiger partial charge in [-0.25, -0.2) is 13.1 Å². The molecule has 7 heteroatoms. The lowest BCUT2D eigenvalue weighted by molar-refractivity contribution is 0.0699. The fourth-order valence-electron chi connectivity index (χ4n) is 1.69. The summed E-state index contributed by atoms with van der Waals surface area (Å²) in [6, 6.07) is 4.71. The smallest absolute Gasteiger partial charge is 0.240 e. The van der Waals surface area contributed by atoms with Crippen molar-refractivity contribution in [2.24, 2.45) is 0 Å². The van der Waals surface area contributed by atoms with Crippen LogP contribution < -0.4 is 4.72 Å². The first-order valence-corrected chi connectivity index (χ1v) is 8.26. The summed E-state index contributed by atoms with van der Waals surface area (Å²) in [5, 5.41) is 9.18. The van der Waals surface area contributed by atoms with Crippen molar-refractivity contribution in [1.82, 2.24) is 4.72 Å². The Hall–Kier alpha value is -0.990. The van der Waals surface area contributed by atoms with Gasteiger partial charge in [0.15, 0.2) is 0 Å². The van der Waals surface area contributed by atoms with Gasteiger partial charge in [0.2, 0.25) is 10.0 Å². The minimum Gasteiger partial charge on any atom is -0.392 e. The molecule has 0 aliphatic carbocycles. The van der Waals surface area contributed by atoms with Crippen LogP contribution in [0, 0.1) is 6.92 Å². The molecule has 6 nitrogen and oxygen atoms in total. The van der Waals surface area contributed by atoms with Gasteiger partial charge in [0.1, 0.15) is 0 Å². The van der Waals surface area contributed by atoms with E-state index in [1.807, 2.05) is 6.92 Å². The molecule has 0 aromatic heterocycles. The van der Waals surface area contributed by atoms with Crippen molar-refractivity contribution in [3.63, 3.8) is 0 Å². The predicted octanol–water partition coefficient (Wildman–Crippen LogP) is 0.819. The molecule has 0 aliphatic heterocycles. The van der Waals surface area contributed by atoms with Gasteiger partial charge < -0.3 is 14.6 Å². The average molecular weight is 317 g/mol. The Morgan fingerprint density at radius 2 is 2.00 bits per heavy atom. The maximum atomic E-state index is 12.1. The molecule has 0 bridgehead atoms. The zero-order valence-corrected chi connectivity index (χ0v) is 13.3. The van der Waals surface area contributed by atoms with Crippen molar-refractivity contribution in [1.29, 1.82) is 0 Å². The zero-order chi connectivity index (χ0) is 15.7. The number of rotatable bonds is 10. The van der Waals surface area contributed by atoms with Crippen LogP contribution in [0.25, 0.3) is 0 Å². The van der Waals surface area contributed by atoms with Crippen LogP contribution >= 0.6 is 0 Å². The number of hydrogen-bond acceptors (Lipinski definition) is 5. The van der Waals surface area contributed by atoms with Gasteiger partial charge in [0, 0.05) is 20.3 Å². The molecule has 0 amide bonds. The van der Waals surface area contributed by atoms with E-state index in [4.69, 9.17) is 9.47 Å². The topological polar surface area (TPSA) is 84.9 Å². The molecule has 1 aromatic carbocycles. The second kappa shape index (κ2) is 9.11. The molecule has 0 fully saturated rings. The number of ether oxygens (including phenoxy) is 2. The molecular weight excluding hydrogens is 294 g/mol. The molecule has 0 radical (unpaired) electrons. The standard InChI is InChI=1S/C14H23NO5S/c1-12-4-5-14(10-13(12)11-16)21(17,18)15-6-3-7-20-9-8-19-2/h4-5,10,15-16H,3,6-9,11H2,1-2H3. The predicted molar refractivity (Wildman–Crippen MR) is 79.6 cm³/mol. The first-order chi connectivity index (χ1) is 10.0. The summed E-state index contributed by atoms with van der Waals surface area (Å²) in [5.74, 6) is 0. The molecule has 2 N–H and O–H groups in total. The molecule has 0 heterocycles. The van der Waals surface area contributed by atoms with E-state index in [-0.39, 0.29) is 11.5 Å². The maximum absolute atomic E-state index is 12.1. The number of sulfonamides is 1. The minimum absolute atomic E-state index is 0.164. The summed E-state index contributed by atoms with van der Waals surface area (Å²) in [4.78, 5) is 0.164. The van der Waals surface area contributed by atoms with Crippen LogP contribution in [0.1, 0.15) is 17.5 Å². The molecular formula is C14H23NO5S. The quantitative estimate of drug-likeness (QED) is 0.624. The van der Waals surface area contributed by atoms with Crippen LogP contribution in [-0.2, 0) is 26.1 Å². The fraction of sp³-hybridized carbons (Fsp3) is 0.571. The lowest BCUT2D eigenvalue weighted by atomic mass is 10.1. The van der Waals surface area contributed by atoms with Crippen molar-refractivity contribution in [2.75, 3.05) is 33.5 Å². The van der Waals surface area contributed by atoms with Crippen LogP contribution in [0.2, 0.25) is 0 Å². The second-order valence-electron chi connectivity index (χ2n) is 4.60. The highest BCUT2D eigenvalue weighted by molar-refractivity contribution is 7.89. The third-order valence-electron chi connectivity index (χ3n) is 2.99. The van der Waals surface area contributed by atoms with E-state index in [2.05, 4.69) is 4.72 Å². The highest BCUT2D eigenvalue weighted by Gasteiger charge is 2.14. The Morgan fingerprint density at radius 3 is 2.67 bits per heavy atom. The summed E-state index contributed by atoms with van der Waals surface area (Å²) >= 11 is 0. The molecule has 0 aliphatic rings. The number of hydrogen-bond donors (Lipinski definition) is 2. The van der Waals surface area contributed by atoms with Crippen molar-refractivity contribution < 1.29 is 23.0 Å². The molecule has 0 unspecified atom stereocenters. The summed E-state index contributed by atoms with van der Waals surface area (Å²) in [7, 11) is -1.95. The first kappa shape index (κ1) is 18.1. The lowest BCUT2D eigenvalue weighted by Crippen LogP contribution is -2.26. The van der Waals surface area contributed by atoms with E-state index < -0.39 is 10.0 Å². The molecule has 1 rings (SSSR count). The van der Waals surface area contributed by atoms with Gasteiger partial charge in [-0.3, -0.25) is 0 Å². The zero-order valence-electron chi connectivity index (χ0n) is 12.5. The van der Waals surface area contributed by atoms with Crippen LogP contribution in [0.15, 0.2) is 23.1 Å². The summed E-state index contributed by atoms with van der Waals surface area (Å²) in [5.41, 5.74) is 1.48. The third kappa shape index (κ3) is 6.11. The van der Waals surface area contributed by atoms with Crippen molar-refractivity contribution in [2.45, 2.75) is 24.8 Å². The molecule has 0 spiro atoms. The summed E-state index contributed by atoms with van der Waals surface area (Å²) in [6.07, 6.45) is 0.585. The van der Waals surface area contributed by atoms with Gasteiger partial charge in [0.05, 0.1) is 24.7 Å². The van der Waals surface area contributed by atoms with Gasteiger partial charge in [-0.1, -0.05) is 6.07 Å². The Bertz CT molecular complexity index is 530. The monoisotopic (exact) mass is 317 g/mol. The van der Waals surface area contributed by atoms with Crippen molar-refractivity contribution >= 4 is 10.0 Å². The molecule has 21 heavy (non-hydrogen) atoms. The van der Waals surface area contributed by atoms with E-state index in [0.29, 0.717) is 38.3 Å². The molecule has 0 saturated carbocycles. The number of aryl methyl sites for hydroxylation is 1. The normalized spacial score (nSPS) is 11.8.